The van der Waals surface area contributed by atoms with Crippen molar-refractivity contribution >= 4 is 17.7 Å². The second-order valence-electron chi connectivity index (χ2n) is 4.28. The van der Waals surface area contributed by atoms with Crippen molar-refractivity contribution in [1.29, 1.82) is 0 Å². The zero-order valence-electron chi connectivity index (χ0n) is 10.8. The van der Waals surface area contributed by atoms with Gasteiger partial charge in [-0.1, -0.05) is 18.2 Å². The van der Waals surface area contributed by atoms with Gasteiger partial charge in [0.15, 0.2) is 0 Å². The summed E-state index contributed by atoms with van der Waals surface area (Å²) >= 11 is 1.88. The van der Waals surface area contributed by atoms with E-state index >= 15 is 0 Å². The van der Waals surface area contributed by atoms with Gasteiger partial charge in [-0.2, -0.15) is 11.8 Å². The fraction of sp³-hybridized carbons (Fsp3) is 0.357. The standard InChI is InChI=1S/C14H19N3S/c1-12(8-11-18-2)16-14-15-9-10-17(14)13-6-4-3-5-7-13/h3-7,9-10,12H,8,11H2,1-2H3,(H,15,16). The van der Waals surface area contributed by atoms with Crippen LogP contribution in [0.1, 0.15) is 13.3 Å². The first-order valence-corrected chi connectivity index (χ1v) is 7.55. The minimum Gasteiger partial charge on any atom is -0.353 e. The fourth-order valence-corrected chi connectivity index (χ4v) is 2.38. The zero-order chi connectivity index (χ0) is 12.8. The van der Waals surface area contributed by atoms with Crippen LogP contribution in [0.3, 0.4) is 0 Å². The second kappa shape index (κ2) is 6.50. The molecule has 4 heteroatoms. The van der Waals surface area contributed by atoms with E-state index in [1.54, 1.807) is 0 Å². The van der Waals surface area contributed by atoms with Crippen molar-refractivity contribution in [3.05, 3.63) is 42.7 Å². The molecule has 1 unspecified atom stereocenters. The maximum Gasteiger partial charge on any atom is 0.207 e. The van der Waals surface area contributed by atoms with E-state index in [-0.39, 0.29) is 0 Å². The number of nitrogens with one attached hydrogen (secondary N) is 1. The first-order valence-electron chi connectivity index (χ1n) is 6.15. The third-order valence-corrected chi connectivity index (χ3v) is 3.45. The first-order chi connectivity index (χ1) is 8.81. The van der Waals surface area contributed by atoms with Crippen molar-refractivity contribution < 1.29 is 0 Å². The predicted molar refractivity (Wildman–Crippen MR) is 79.6 cm³/mol. The number of nitrogens with zero attached hydrogens (tertiary/aromatic N) is 2. The molecule has 0 saturated heterocycles. The van der Waals surface area contributed by atoms with E-state index < -0.39 is 0 Å². The minimum atomic E-state index is 0.433. The third-order valence-electron chi connectivity index (χ3n) is 2.81. The average molecular weight is 261 g/mol. The molecule has 2 rings (SSSR count). The Kier molecular flexibility index (Phi) is 4.70. The molecule has 0 aliphatic rings. The van der Waals surface area contributed by atoms with Gasteiger partial charge in [0, 0.05) is 24.1 Å². The molecule has 0 spiro atoms. The number of para-hydroxylation sites is 1. The number of aromatic nitrogens is 2. The highest BCUT2D eigenvalue weighted by Gasteiger charge is 2.07. The highest BCUT2D eigenvalue weighted by Crippen LogP contribution is 2.15. The molecular formula is C14H19N3S. The Morgan fingerprint density at radius 3 is 2.83 bits per heavy atom. The lowest BCUT2D eigenvalue weighted by molar-refractivity contribution is 0.756. The van der Waals surface area contributed by atoms with Crippen LogP contribution in [0.5, 0.6) is 0 Å². The lowest BCUT2D eigenvalue weighted by Crippen LogP contribution is -2.18. The molecule has 0 saturated carbocycles. The maximum absolute atomic E-state index is 4.39. The predicted octanol–water partition coefficient (Wildman–Crippen LogP) is 3.43. The Hall–Kier alpha value is -1.42. The Balaban J connectivity index is 2.09. The zero-order valence-corrected chi connectivity index (χ0v) is 11.7. The SMILES string of the molecule is CSCCC(C)Nc1nccn1-c1ccccc1. The third kappa shape index (κ3) is 3.29. The van der Waals surface area contributed by atoms with E-state index in [2.05, 4.69) is 40.2 Å². The van der Waals surface area contributed by atoms with Crippen LogP contribution < -0.4 is 5.32 Å². The second-order valence-corrected chi connectivity index (χ2v) is 5.27. The summed E-state index contributed by atoms with van der Waals surface area (Å²) < 4.78 is 2.08. The molecule has 1 N–H and O–H groups in total. The average Bonchev–Trinajstić information content (AvgIpc) is 2.85. The van der Waals surface area contributed by atoms with E-state index in [0.29, 0.717) is 6.04 Å². The summed E-state index contributed by atoms with van der Waals surface area (Å²) in [6, 6.07) is 10.7. The fourth-order valence-electron chi connectivity index (χ4n) is 1.79. The summed E-state index contributed by atoms with van der Waals surface area (Å²) in [4.78, 5) is 4.39. The molecule has 1 atom stereocenters. The lowest BCUT2D eigenvalue weighted by Gasteiger charge is -2.15. The number of rotatable bonds is 6. The van der Waals surface area contributed by atoms with Crippen molar-refractivity contribution in [1.82, 2.24) is 9.55 Å². The largest absolute Gasteiger partial charge is 0.353 e. The van der Waals surface area contributed by atoms with E-state index in [9.17, 15) is 0 Å². The normalized spacial score (nSPS) is 12.3. The number of hydrogen-bond acceptors (Lipinski definition) is 3. The van der Waals surface area contributed by atoms with Gasteiger partial charge in [-0.15, -0.1) is 0 Å². The molecule has 0 amide bonds. The Bertz CT molecular complexity index is 467. The van der Waals surface area contributed by atoms with E-state index in [4.69, 9.17) is 0 Å². The van der Waals surface area contributed by atoms with Gasteiger partial charge >= 0.3 is 0 Å². The molecule has 3 nitrogen and oxygen atoms in total. The highest BCUT2D eigenvalue weighted by atomic mass is 32.2. The van der Waals surface area contributed by atoms with E-state index in [1.165, 1.54) is 5.75 Å². The lowest BCUT2D eigenvalue weighted by atomic mass is 10.3. The van der Waals surface area contributed by atoms with Crippen molar-refractivity contribution in [3.63, 3.8) is 0 Å². The van der Waals surface area contributed by atoms with Crippen LogP contribution in [-0.4, -0.2) is 27.6 Å². The first kappa shape index (κ1) is 13.0. The van der Waals surface area contributed by atoms with Gasteiger partial charge < -0.3 is 5.32 Å². The number of imidazole rings is 1. The van der Waals surface area contributed by atoms with Crippen LogP contribution >= 0.6 is 11.8 Å². The minimum absolute atomic E-state index is 0.433. The smallest absolute Gasteiger partial charge is 0.207 e. The van der Waals surface area contributed by atoms with Crippen molar-refractivity contribution in [2.24, 2.45) is 0 Å². The molecule has 2 aromatic rings. The molecule has 18 heavy (non-hydrogen) atoms. The molecule has 1 heterocycles. The van der Waals surface area contributed by atoms with Gasteiger partial charge in [0.05, 0.1) is 0 Å². The molecule has 1 aromatic carbocycles. The van der Waals surface area contributed by atoms with Gasteiger partial charge in [-0.25, -0.2) is 4.98 Å². The van der Waals surface area contributed by atoms with Crippen LogP contribution in [0.15, 0.2) is 42.7 Å². The van der Waals surface area contributed by atoms with Crippen LogP contribution in [-0.2, 0) is 0 Å². The van der Waals surface area contributed by atoms with Gasteiger partial charge in [0.2, 0.25) is 5.95 Å². The molecule has 1 aromatic heterocycles. The van der Waals surface area contributed by atoms with Gasteiger partial charge in [0.25, 0.3) is 0 Å². The molecule has 0 radical (unpaired) electrons. The molecule has 0 fully saturated rings. The number of thioether (sulfide) groups is 1. The Labute approximate surface area is 113 Å². The summed E-state index contributed by atoms with van der Waals surface area (Å²) in [5.41, 5.74) is 1.13. The van der Waals surface area contributed by atoms with E-state index in [0.717, 1.165) is 18.1 Å². The number of anilines is 1. The maximum atomic E-state index is 4.39. The number of hydrogen-bond donors (Lipinski definition) is 1. The highest BCUT2D eigenvalue weighted by molar-refractivity contribution is 7.98. The Morgan fingerprint density at radius 1 is 1.33 bits per heavy atom. The monoisotopic (exact) mass is 261 g/mol. The topological polar surface area (TPSA) is 29.9 Å². The summed E-state index contributed by atoms with van der Waals surface area (Å²) in [5.74, 6) is 2.08. The molecule has 0 aliphatic carbocycles. The van der Waals surface area contributed by atoms with E-state index in [1.807, 2.05) is 42.4 Å². The van der Waals surface area contributed by atoms with Crippen LogP contribution in [0, 0.1) is 0 Å². The van der Waals surface area contributed by atoms with Crippen molar-refractivity contribution in [2.75, 3.05) is 17.3 Å². The van der Waals surface area contributed by atoms with Crippen molar-refractivity contribution in [2.45, 2.75) is 19.4 Å². The molecule has 0 bridgehead atoms. The quantitative estimate of drug-likeness (QED) is 0.864. The van der Waals surface area contributed by atoms with Gasteiger partial charge in [0.1, 0.15) is 0 Å². The van der Waals surface area contributed by atoms with Gasteiger partial charge in [-0.3, -0.25) is 4.57 Å². The summed E-state index contributed by atoms with van der Waals surface area (Å²) in [5, 5.41) is 3.46. The number of benzene rings is 1. The van der Waals surface area contributed by atoms with Crippen LogP contribution in [0.25, 0.3) is 5.69 Å². The summed E-state index contributed by atoms with van der Waals surface area (Å²) in [7, 11) is 0. The molecule has 96 valence electrons. The molecular weight excluding hydrogens is 242 g/mol. The summed E-state index contributed by atoms with van der Waals surface area (Å²) in [6.07, 6.45) is 7.09. The molecule has 0 aliphatic heterocycles. The van der Waals surface area contributed by atoms with Gasteiger partial charge in [-0.05, 0) is 37.5 Å². The summed E-state index contributed by atoms with van der Waals surface area (Å²) in [6.45, 7) is 2.19. The van der Waals surface area contributed by atoms with Crippen LogP contribution in [0.2, 0.25) is 0 Å². The van der Waals surface area contributed by atoms with Crippen LogP contribution in [0.4, 0.5) is 5.95 Å². The van der Waals surface area contributed by atoms with Crippen molar-refractivity contribution in [3.8, 4) is 5.69 Å². The Morgan fingerprint density at radius 2 is 2.11 bits per heavy atom.